The average Bonchev–Trinajstić information content (AvgIpc) is 3.05. The van der Waals surface area contributed by atoms with E-state index in [1.807, 2.05) is 11.8 Å². The SMILES string of the molecule is CC(N)C1CCN(C(=O)c2cnn3ccncc23)C1. The van der Waals surface area contributed by atoms with Crippen molar-refractivity contribution >= 4 is 11.4 Å². The Labute approximate surface area is 111 Å². The number of amides is 1. The number of nitrogens with two attached hydrogens (primary N) is 1. The first-order valence-electron chi connectivity index (χ1n) is 6.49. The van der Waals surface area contributed by atoms with Crippen molar-refractivity contribution < 1.29 is 4.79 Å². The highest BCUT2D eigenvalue weighted by Gasteiger charge is 2.30. The van der Waals surface area contributed by atoms with Crippen molar-refractivity contribution in [3.63, 3.8) is 0 Å². The van der Waals surface area contributed by atoms with Crippen molar-refractivity contribution in [2.45, 2.75) is 19.4 Å². The summed E-state index contributed by atoms with van der Waals surface area (Å²) >= 11 is 0. The van der Waals surface area contributed by atoms with Crippen molar-refractivity contribution in [1.82, 2.24) is 19.5 Å². The molecule has 1 amide bonds. The summed E-state index contributed by atoms with van der Waals surface area (Å²) in [6.45, 7) is 3.49. The molecule has 2 unspecified atom stereocenters. The summed E-state index contributed by atoms with van der Waals surface area (Å²) < 4.78 is 1.67. The topological polar surface area (TPSA) is 76.5 Å². The van der Waals surface area contributed by atoms with E-state index in [0.717, 1.165) is 25.0 Å². The summed E-state index contributed by atoms with van der Waals surface area (Å²) in [5.74, 6) is 0.412. The fourth-order valence-electron chi connectivity index (χ4n) is 2.57. The molecular weight excluding hydrogens is 242 g/mol. The van der Waals surface area contributed by atoms with Gasteiger partial charge < -0.3 is 10.6 Å². The van der Waals surface area contributed by atoms with Crippen LogP contribution in [0.4, 0.5) is 0 Å². The fourth-order valence-corrected chi connectivity index (χ4v) is 2.57. The standard InChI is InChI=1S/C13H17N5O/c1-9(14)10-2-4-17(8-10)13(19)11-6-16-18-5-3-15-7-12(11)18/h3,5-7,9-10H,2,4,8,14H2,1H3. The normalized spacial score (nSPS) is 20.9. The van der Waals surface area contributed by atoms with Gasteiger partial charge in [-0.3, -0.25) is 9.78 Å². The summed E-state index contributed by atoms with van der Waals surface area (Å²) in [5.41, 5.74) is 7.26. The van der Waals surface area contributed by atoms with Crippen LogP contribution in [0.15, 0.2) is 24.8 Å². The van der Waals surface area contributed by atoms with Crippen molar-refractivity contribution in [3.8, 4) is 0 Å². The van der Waals surface area contributed by atoms with Crippen molar-refractivity contribution in [2.75, 3.05) is 13.1 Å². The van der Waals surface area contributed by atoms with Crippen molar-refractivity contribution in [3.05, 3.63) is 30.4 Å². The lowest BCUT2D eigenvalue weighted by atomic mass is 10.0. The van der Waals surface area contributed by atoms with Gasteiger partial charge in [0.1, 0.15) is 0 Å². The van der Waals surface area contributed by atoms with Crippen LogP contribution in [0.2, 0.25) is 0 Å². The molecule has 1 aliphatic heterocycles. The predicted octanol–water partition coefficient (Wildman–Crippen LogP) is 0.539. The van der Waals surface area contributed by atoms with Gasteiger partial charge in [-0.1, -0.05) is 0 Å². The van der Waals surface area contributed by atoms with Gasteiger partial charge in [0.05, 0.1) is 23.5 Å². The summed E-state index contributed by atoms with van der Waals surface area (Å²) in [6.07, 6.45) is 7.63. The molecule has 1 saturated heterocycles. The quantitative estimate of drug-likeness (QED) is 0.854. The molecule has 19 heavy (non-hydrogen) atoms. The smallest absolute Gasteiger partial charge is 0.257 e. The molecule has 2 aromatic heterocycles. The molecule has 6 nitrogen and oxygen atoms in total. The molecule has 0 aliphatic carbocycles. The Morgan fingerprint density at radius 3 is 3.11 bits per heavy atom. The fraction of sp³-hybridized carbons (Fsp3) is 0.462. The van der Waals surface area contributed by atoms with E-state index in [4.69, 9.17) is 5.73 Å². The van der Waals surface area contributed by atoms with Gasteiger partial charge in [0, 0.05) is 31.5 Å². The number of hydrogen-bond donors (Lipinski definition) is 1. The minimum atomic E-state index is 0.0196. The second kappa shape index (κ2) is 4.62. The van der Waals surface area contributed by atoms with Gasteiger partial charge in [-0.25, -0.2) is 4.52 Å². The monoisotopic (exact) mass is 259 g/mol. The Morgan fingerprint density at radius 1 is 1.53 bits per heavy atom. The third kappa shape index (κ3) is 2.08. The van der Waals surface area contributed by atoms with E-state index in [1.165, 1.54) is 0 Å². The van der Waals surface area contributed by atoms with Crippen LogP contribution in [-0.4, -0.2) is 44.5 Å². The van der Waals surface area contributed by atoms with Crippen LogP contribution in [0.3, 0.4) is 0 Å². The molecule has 2 N–H and O–H groups in total. The van der Waals surface area contributed by atoms with Gasteiger partial charge in [-0.15, -0.1) is 0 Å². The number of rotatable bonds is 2. The summed E-state index contributed by atoms with van der Waals surface area (Å²) in [7, 11) is 0. The van der Waals surface area contributed by atoms with Crippen LogP contribution >= 0.6 is 0 Å². The zero-order valence-electron chi connectivity index (χ0n) is 10.9. The number of carbonyl (C=O) groups is 1. The van der Waals surface area contributed by atoms with Gasteiger partial charge >= 0.3 is 0 Å². The van der Waals surface area contributed by atoms with E-state index >= 15 is 0 Å². The van der Waals surface area contributed by atoms with Crippen LogP contribution in [0.25, 0.3) is 5.52 Å². The Kier molecular flexibility index (Phi) is 2.94. The van der Waals surface area contributed by atoms with Crippen LogP contribution < -0.4 is 5.73 Å². The highest BCUT2D eigenvalue weighted by molar-refractivity contribution is 6.00. The van der Waals surface area contributed by atoms with Gasteiger partial charge in [-0.2, -0.15) is 5.10 Å². The Bertz CT molecular complexity index is 606. The van der Waals surface area contributed by atoms with Crippen LogP contribution in [0.5, 0.6) is 0 Å². The first-order chi connectivity index (χ1) is 9.16. The van der Waals surface area contributed by atoms with E-state index in [-0.39, 0.29) is 11.9 Å². The van der Waals surface area contributed by atoms with Crippen LogP contribution in [-0.2, 0) is 0 Å². The minimum Gasteiger partial charge on any atom is -0.338 e. The lowest BCUT2D eigenvalue weighted by molar-refractivity contribution is 0.0788. The Hall–Kier alpha value is -1.95. The molecule has 1 aliphatic rings. The third-order valence-corrected chi connectivity index (χ3v) is 3.81. The zero-order valence-corrected chi connectivity index (χ0v) is 10.9. The van der Waals surface area contributed by atoms with E-state index in [2.05, 4.69) is 10.1 Å². The van der Waals surface area contributed by atoms with E-state index in [1.54, 1.807) is 29.3 Å². The van der Waals surface area contributed by atoms with Crippen LogP contribution in [0, 0.1) is 5.92 Å². The summed E-state index contributed by atoms with van der Waals surface area (Å²) in [6, 6.07) is 0.128. The number of aromatic nitrogens is 3. The maximum Gasteiger partial charge on any atom is 0.257 e. The zero-order chi connectivity index (χ0) is 13.4. The Balaban J connectivity index is 1.85. The van der Waals surface area contributed by atoms with E-state index < -0.39 is 0 Å². The number of nitrogens with zero attached hydrogens (tertiary/aromatic N) is 4. The number of hydrogen-bond acceptors (Lipinski definition) is 4. The summed E-state index contributed by atoms with van der Waals surface area (Å²) in [4.78, 5) is 18.4. The van der Waals surface area contributed by atoms with Gasteiger partial charge in [-0.05, 0) is 19.3 Å². The molecule has 2 atom stereocenters. The third-order valence-electron chi connectivity index (χ3n) is 3.81. The van der Waals surface area contributed by atoms with E-state index in [9.17, 15) is 4.79 Å². The highest BCUT2D eigenvalue weighted by Crippen LogP contribution is 2.22. The van der Waals surface area contributed by atoms with Crippen molar-refractivity contribution in [1.29, 1.82) is 0 Å². The maximum atomic E-state index is 12.5. The van der Waals surface area contributed by atoms with E-state index in [0.29, 0.717) is 11.5 Å². The molecule has 100 valence electrons. The van der Waals surface area contributed by atoms with Crippen LogP contribution in [0.1, 0.15) is 23.7 Å². The highest BCUT2D eigenvalue weighted by atomic mass is 16.2. The van der Waals surface area contributed by atoms with Gasteiger partial charge in [0.15, 0.2) is 0 Å². The molecule has 0 spiro atoms. The summed E-state index contributed by atoms with van der Waals surface area (Å²) in [5, 5.41) is 4.17. The predicted molar refractivity (Wildman–Crippen MR) is 70.6 cm³/mol. The Morgan fingerprint density at radius 2 is 2.37 bits per heavy atom. The average molecular weight is 259 g/mol. The molecule has 0 aromatic carbocycles. The molecular formula is C13H17N5O. The molecule has 6 heteroatoms. The molecule has 2 aromatic rings. The second-order valence-electron chi connectivity index (χ2n) is 5.12. The molecule has 0 saturated carbocycles. The molecule has 3 heterocycles. The first kappa shape index (κ1) is 12.1. The molecule has 3 rings (SSSR count). The maximum absolute atomic E-state index is 12.5. The number of fused-ring (bicyclic) bond motifs is 1. The number of carbonyl (C=O) groups excluding carboxylic acids is 1. The molecule has 1 fully saturated rings. The lowest BCUT2D eigenvalue weighted by Crippen LogP contribution is -2.32. The molecule has 0 radical (unpaired) electrons. The second-order valence-corrected chi connectivity index (χ2v) is 5.12. The number of likely N-dealkylation sites (tertiary alicyclic amines) is 1. The van der Waals surface area contributed by atoms with Gasteiger partial charge in [0.25, 0.3) is 5.91 Å². The van der Waals surface area contributed by atoms with Crippen molar-refractivity contribution in [2.24, 2.45) is 11.7 Å². The minimum absolute atomic E-state index is 0.0196. The lowest BCUT2D eigenvalue weighted by Gasteiger charge is -2.17. The van der Waals surface area contributed by atoms with Gasteiger partial charge in [0.2, 0.25) is 0 Å². The largest absolute Gasteiger partial charge is 0.338 e. The first-order valence-corrected chi connectivity index (χ1v) is 6.49. The molecule has 0 bridgehead atoms.